The van der Waals surface area contributed by atoms with Gasteiger partial charge in [-0.15, -0.1) is 0 Å². The molecule has 0 radical (unpaired) electrons. The van der Waals surface area contributed by atoms with Crippen LogP contribution in [0.2, 0.25) is 0 Å². The molecule has 30 heavy (non-hydrogen) atoms. The fourth-order valence-corrected chi connectivity index (χ4v) is 3.37. The first-order valence-corrected chi connectivity index (χ1v) is 9.32. The molecule has 0 saturated carbocycles. The predicted molar refractivity (Wildman–Crippen MR) is 104 cm³/mol. The van der Waals surface area contributed by atoms with E-state index in [2.05, 4.69) is 15.7 Å². The first kappa shape index (κ1) is 19.5. The number of hydrogen-bond donors (Lipinski definition) is 1. The number of hydrogen-bond acceptors (Lipinski definition) is 7. The molecule has 1 N–H and O–H groups in total. The van der Waals surface area contributed by atoms with Crippen LogP contribution in [0.5, 0.6) is 5.75 Å². The van der Waals surface area contributed by atoms with Crippen LogP contribution in [0.25, 0.3) is 0 Å². The molecular weight excluding hydrogens is 393 g/mol. The number of nitrogens with one attached hydrogen (secondary N) is 1. The van der Waals surface area contributed by atoms with Crippen LogP contribution in [0.15, 0.2) is 58.9 Å². The normalized spacial score (nSPS) is 19.9. The Balaban J connectivity index is 1.47. The van der Waals surface area contributed by atoms with Gasteiger partial charge in [-0.2, -0.15) is 5.11 Å². The number of fused-ring (bicyclic) bond motifs is 1. The fourth-order valence-electron chi connectivity index (χ4n) is 3.37. The zero-order valence-electron chi connectivity index (χ0n) is 16.0. The van der Waals surface area contributed by atoms with Gasteiger partial charge in [-0.25, -0.2) is 9.29 Å². The first-order chi connectivity index (χ1) is 14.5. The molecule has 154 valence electrons. The van der Waals surface area contributed by atoms with Crippen LogP contribution >= 0.6 is 0 Å². The maximum absolute atomic E-state index is 13.7. The van der Waals surface area contributed by atoms with Gasteiger partial charge in [-0.05, 0) is 43.3 Å². The van der Waals surface area contributed by atoms with Crippen molar-refractivity contribution < 1.29 is 23.5 Å². The Labute approximate surface area is 171 Å². The van der Waals surface area contributed by atoms with Crippen molar-refractivity contribution >= 4 is 29.1 Å². The first-order valence-electron chi connectivity index (χ1n) is 9.32. The molecule has 0 aliphatic carbocycles. The van der Waals surface area contributed by atoms with E-state index in [-0.39, 0.29) is 12.2 Å². The quantitative estimate of drug-likeness (QED) is 0.734. The summed E-state index contributed by atoms with van der Waals surface area (Å²) in [5.74, 6) is -1.60. The van der Waals surface area contributed by atoms with Gasteiger partial charge in [0, 0.05) is 0 Å². The molecule has 2 aliphatic heterocycles. The number of anilines is 2. The van der Waals surface area contributed by atoms with Crippen LogP contribution in [-0.2, 0) is 14.4 Å². The molecule has 9 nitrogen and oxygen atoms in total. The van der Waals surface area contributed by atoms with Crippen LogP contribution in [0.1, 0.15) is 6.92 Å². The molecular formula is C20H18FN5O4. The van der Waals surface area contributed by atoms with Crippen molar-refractivity contribution in [2.45, 2.75) is 19.0 Å². The number of benzene rings is 2. The molecule has 0 unspecified atom stereocenters. The van der Waals surface area contributed by atoms with E-state index in [1.807, 2.05) is 6.92 Å². The van der Waals surface area contributed by atoms with Crippen LogP contribution < -0.4 is 15.0 Å². The lowest BCUT2D eigenvalue weighted by atomic mass is 10.1. The van der Waals surface area contributed by atoms with E-state index in [0.29, 0.717) is 18.0 Å². The zero-order valence-corrected chi connectivity index (χ0v) is 16.0. The second-order valence-corrected chi connectivity index (χ2v) is 6.66. The summed E-state index contributed by atoms with van der Waals surface area (Å²) in [5.41, 5.74) is 0.397. The predicted octanol–water partition coefficient (Wildman–Crippen LogP) is 2.16. The largest absolute Gasteiger partial charge is 0.494 e. The summed E-state index contributed by atoms with van der Waals surface area (Å²) >= 11 is 0. The minimum atomic E-state index is -1.02. The van der Waals surface area contributed by atoms with Gasteiger partial charge >= 0.3 is 0 Å². The van der Waals surface area contributed by atoms with Crippen molar-refractivity contribution in [1.82, 2.24) is 5.01 Å². The van der Waals surface area contributed by atoms with Crippen LogP contribution in [-0.4, -0.2) is 48.0 Å². The summed E-state index contributed by atoms with van der Waals surface area (Å²) in [4.78, 5) is 39.0. The molecule has 4 rings (SSSR count). The van der Waals surface area contributed by atoms with Crippen molar-refractivity contribution in [3.05, 3.63) is 54.3 Å². The van der Waals surface area contributed by atoms with Gasteiger partial charge in [0.1, 0.15) is 18.1 Å². The molecule has 2 atom stereocenters. The van der Waals surface area contributed by atoms with Gasteiger partial charge in [-0.3, -0.25) is 19.4 Å². The molecule has 0 spiro atoms. The fraction of sp³-hybridized carbons (Fsp3) is 0.250. The summed E-state index contributed by atoms with van der Waals surface area (Å²) in [7, 11) is 0. The van der Waals surface area contributed by atoms with Crippen LogP contribution in [0.3, 0.4) is 0 Å². The van der Waals surface area contributed by atoms with Gasteiger partial charge in [0.15, 0.2) is 12.1 Å². The maximum atomic E-state index is 13.7. The van der Waals surface area contributed by atoms with Crippen LogP contribution in [0, 0.1) is 5.82 Å². The Morgan fingerprint density at radius 1 is 1.13 bits per heavy atom. The number of carbonyl (C=O) groups excluding carboxylic acids is 3. The van der Waals surface area contributed by atoms with E-state index >= 15 is 0 Å². The van der Waals surface area contributed by atoms with Crippen LogP contribution in [0.4, 0.5) is 15.8 Å². The highest BCUT2D eigenvalue weighted by Gasteiger charge is 2.55. The third-order valence-electron chi connectivity index (χ3n) is 4.72. The van der Waals surface area contributed by atoms with Gasteiger partial charge in [-0.1, -0.05) is 17.4 Å². The van der Waals surface area contributed by atoms with E-state index in [4.69, 9.17) is 4.74 Å². The Kier molecular flexibility index (Phi) is 5.13. The molecule has 1 fully saturated rings. The topological polar surface area (TPSA) is 104 Å². The molecule has 3 amide bonds. The van der Waals surface area contributed by atoms with E-state index in [9.17, 15) is 18.8 Å². The van der Waals surface area contributed by atoms with Crippen molar-refractivity contribution in [2.24, 2.45) is 10.3 Å². The number of amides is 3. The Morgan fingerprint density at radius 2 is 1.87 bits per heavy atom. The lowest BCUT2D eigenvalue weighted by Gasteiger charge is -2.20. The van der Waals surface area contributed by atoms with Crippen molar-refractivity contribution in [2.75, 3.05) is 23.4 Å². The third-order valence-corrected chi connectivity index (χ3v) is 4.72. The molecule has 2 aromatic carbocycles. The second-order valence-electron chi connectivity index (χ2n) is 6.66. The van der Waals surface area contributed by atoms with Gasteiger partial charge < -0.3 is 10.1 Å². The maximum Gasteiger partial charge on any atom is 0.263 e. The number of nitrogens with zero attached hydrogens (tertiary/aromatic N) is 4. The summed E-state index contributed by atoms with van der Waals surface area (Å²) in [6.07, 6.45) is 0. The van der Waals surface area contributed by atoms with Gasteiger partial charge in [0.05, 0.1) is 18.0 Å². The molecule has 2 aliphatic rings. The van der Waals surface area contributed by atoms with Crippen molar-refractivity contribution in [3.63, 3.8) is 0 Å². The lowest BCUT2D eigenvalue weighted by molar-refractivity contribution is -0.123. The standard InChI is InChI=1S/C20H18FN5O4/c1-2-30-13-9-7-12(8-10-13)26-19(28)17-18(20(26)29)25(24-23-17)11-16(27)22-15-6-4-3-5-14(15)21/h3-10,17-18H,2,11H2,1H3,(H,22,27)/t17-,18-/m0/s1. The summed E-state index contributed by atoms with van der Waals surface area (Å²) in [6, 6.07) is 10.2. The highest BCUT2D eigenvalue weighted by molar-refractivity contribution is 6.25. The molecule has 0 aromatic heterocycles. The monoisotopic (exact) mass is 411 g/mol. The van der Waals surface area contributed by atoms with E-state index in [1.165, 1.54) is 18.2 Å². The molecule has 0 bridgehead atoms. The van der Waals surface area contributed by atoms with Gasteiger partial charge in [0.2, 0.25) is 5.91 Å². The summed E-state index contributed by atoms with van der Waals surface area (Å²) in [5, 5.41) is 11.2. The van der Waals surface area contributed by atoms with Gasteiger partial charge in [0.25, 0.3) is 11.8 Å². The Hall–Kier alpha value is -3.82. The minimum absolute atomic E-state index is 0.0139. The molecule has 10 heteroatoms. The van der Waals surface area contributed by atoms with Crippen molar-refractivity contribution in [1.29, 1.82) is 0 Å². The molecule has 1 saturated heterocycles. The second kappa shape index (κ2) is 7.90. The number of rotatable bonds is 6. The zero-order chi connectivity index (χ0) is 21.3. The van der Waals surface area contributed by atoms with E-state index in [1.54, 1.807) is 30.3 Å². The average Bonchev–Trinajstić information content (AvgIpc) is 3.24. The van der Waals surface area contributed by atoms with E-state index in [0.717, 1.165) is 9.91 Å². The number of imide groups is 1. The smallest absolute Gasteiger partial charge is 0.263 e. The van der Waals surface area contributed by atoms with Crippen molar-refractivity contribution in [3.8, 4) is 5.75 Å². The van der Waals surface area contributed by atoms with E-state index < -0.39 is 35.6 Å². The third kappa shape index (κ3) is 3.47. The summed E-state index contributed by atoms with van der Waals surface area (Å²) in [6.45, 7) is 2.00. The Morgan fingerprint density at radius 3 is 2.57 bits per heavy atom. The SMILES string of the molecule is CCOc1ccc(N2C(=O)[C@H]3N=NN(CC(=O)Nc4ccccc4F)[C@@H]3C2=O)cc1. The number of ether oxygens (including phenoxy) is 1. The highest BCUT2D eigenvalue weighted by atomic mass is 19.1. The lowest BCUT2D eigenvalue weighted by Crippen LogP contribution is -2.43. The molecule has 2 aromatic rings. The minimum Gasteiger partial charge on any atom is -0.494 e. The molecule has 2 heterocycles. The number of carbonyl (C=O) groups is 3. The Bertz CT molecular complexity index is 1030. The number of halogens is 1. The highest BCUT2D eigenvalue weighted by Crippen LogP contribution is 2.32. The number of para-hydroxylation sites is 1. The average molecular weight is 411 g/mol. The summed E-state index contributed by atoms with van der Waals surface area (Å²) < 4.78 is 19.1.